The first-order valence-electron chi connectivity index (χ1n) is 8.85. The number of fused-ring (bicyclic) bond motifs is 3. The maximum atomic E-state index is 12.3. The Hall–Kier alpha value is -2.96. The lowest BCUT2D eigenvalue weighted by atomic mass is 10.1. The topological polar surface area (TPSA) is 64.0 Å². The zero-order chi connectivity index (χ0) is 18.3. The predicted molar refractivity (Wildman–Crippen MR) is 97.9 cm³/mol. The summed E-state index contributed by atoms with van der Waals surface area (Å²) in [4.78, 5) is 27.7. The number of anilines is 1. The van der Waals surface area contributed by atoms with Gasteiger partial charge in [0.1, 0.15) is 0 Å². The van der Waals surface area contributed by atoms with Crippen LogP contribution in [0, 0.1) is 0 Å². The zero-order valence-corrected chi connectivity index (χ0v) is 14.9. The fourth-order valence-corrected chi connectivity index (χ4v) is 3.71. The highest BCUT2D eigenvalue weighted by Gasteiger charge is 2.30. The summed E-state index contributed by atoms with van der Waals surface area (Å²) >= 11 is 0. The van der Waals surface area contributed by atoms with Gasteiger partial charge in [0, 0.05) is 35.9 Å². The highest BCUT2D eigenvalue weighted by Crippen LogP contribution is 2.39. The van der Waals surface area contributed by atoms with Crippen LogP contribution in [0.3, 0.4) is 0 Å². The van der Waals surface area contributed by atoms with Crippen LogP contribution in [-0.2, 0) is 22.6 Å². The van der Waals surface area contributed by atoms with Gasteiger partial charge in [-0.05, 0) is 26.0 Å². The molecule has 2 aliphatic rings. The molecule has 0 bridgehead atoms. The van der Waals surface area contributed by atoms with Crippen molar-refractivity contribution in [3.63, 3.8) is 0 Å². The molecule has 3 heterocycles. The molecule has 1 aromatic heterocycles. The van der Waals surface area contributed by atoms with E-state index >= 15 is 0 Å². The Bertz CT molecular complexity index is 915. The molecule has 7 heteroatoms. The fraction of sp³-hybridized carbons (Fsp3) is 0.368. The average Bonchev–Trinajstić information content (AvgIpc) is 2.98. The van der Waals surface area contributed by atoms with Gasteiger partial charge in [-0.3, -0.25) is 9.80 Å². The zero-order valence-electron chi connectivity index (χ0n) is 14.9. The van der Waals surface area contributed by atoms with E-state index in [2.05, 4.69) is 4.57 Å². The third-order valence-electron chi connectivity index (χ3n) is 4.78. The number of rotatable bonds is 2. The van der Waals surface area contributed by atoms with Gasteiger partial charge in [0.15, 0.2) is 0 Å². The summed E-state index contributed by atoms with van der Waals surface area (Å²) in [5.74, 6) is 0. The molecule has 4 rings (SSSR count). The van der Waals surface area contributed by atoms with Crippen molar-refractivity contribution < 1.29 is 19.1 Å². The number of hydrogen-bond acceptors (Lipinski definition) is 4. The van der Waals surface area contributed by atoms with E-state index < -0.39 is 0 Å². The molecule has 0 N–H and O–H groups in total. The van der Waals surface area contributed by atoms with Gasteiger partial charge in [-0.2, -0.15) is 0 Å². The monoisotopic (exact) mass is 355 g/mol. The van der Waals surface area contributed by atoms with Crippen molar-refractivity contribution in [1.29, 1.82) is 0 Å². The van der Waals surface area contributed by atoms with Crippen LogP contribution < -0.4 is 4.90 Å². The lowest BCUT2D eigenvalue weighted by Crippen LogP contribution is -2.37. The smallest absolute Gasteiger partial charge is 0.414 e. The van der Waals surface area contributed by atoms with Crippen molar-refractivity contribution in [3.8, 4) is 0 Å². The molecule has 0 unspecified atom stereocenters. The second-order valence-corrected chi connectivity index (χ2v) is 6.18. The van der Waals surface area contributed by atoms with E-state index in [1.54, 1.807) is 29.8 Å². The minimum atomic E-state index is -0.352. The highest BCUT2D eigenvalue weighted by atomic mass is 16.6. The fourth-order valence-electron chi connectivity index (χ4n) is 3.71. The average molecular weight is 355 g/mol. The minimum absolute atomic E-state index is 0.325. The summed E-state index contributed by atoms with van der Waals surface area (Å²) in [5, 5.41) is 1.05. The maximum absolute atomic E-state index is 12.3. The van der Waals surface area contributed by atoms with E-state index in [0.29, 0.717) is 32.8 Å². The van der Waals surface area contributed by atoms with Crippen LogP contribution in [0.1, 0.15) is 25.1 Å². The van der Waals surface area contributed by atoms with Gasteiger partial charge in [0.05, 0.1) is 31.0 Å². The Morgan fingerprint density at radius 1 is 1.08 bits per heavy atom. The third kappa shape index (κ3) is 2.42. The largest absolute Gasteiger partial charge is 0.449 e. The molecule has 26 heavy (non-hydrogen) atoms. The molecule has 2 aliphatic heterocycles. The molecular formula is C19H21N3O4. The first kappa shape index (κ1) is 16.5. The Morgan fingerprint density at radius 3 is 2.62 bits per heavy atom. The molecule has 7 nitrogen and oxygen atoms in total. The second kappa shape index (κ2) is 6.40. The van der Waals surface area contributed by atoms with E-state index in [4.69, 9.17) is 9.47 Å². The second-order valence-electron chi connectivity index (χ2n) is 6.18. The van der Waals surface area contributed by atoms with Gasteiger partial charge in [-0.25, -0.2) is 9.59 Å². The molecule has 0 aliphatic carbocycles. The summed E-state index contributed by atoms with van der Waals surface area (Å²) in [7, 11) is 0. The van der Waals surface area contributed by atoms with Crippen LogP contribution in [0.4, 0.5) is 15.3 Å². The standard InChI is InChI=1S/C19H21N3O4/c1-3-25-18(23)20-9-8-15-14(12-20)13-6-5-7-16-17(13)21(15)10-11-22(16)19(24)26-4-2/h5-9H,3-4,10-12H2,1-2H3. The Labute approximate surface area is 151 Å². The highest BCUT2D eigenvalue weighted by molar-refractivity contribution is 6.04. The third-order valence-corrected chi connectivity index (χ3v) is 4.78. The summed E-state index contributed by atoms with van der Waals surface area (Å²) in [5.41, 5.74) is 4.00. The number of carbonyl (C=O) groups is 2. The lowest BCUT2D eigenvalue weighted by Gasteiger charge is -2.28. The first-order valence-corrected chi connectivity index (χ1v) is 8.85. The van der Waals surface area contributed by atoms with Gasteiger partial charge in [0.25, 0.3) is 0 Å². The van der Waals surface area contributed by atoms with Crippen molar-refractivity contribution in [1.82, 2.24) is 9.47 Å². The van der Waals surface area contributed by atoms with Crippen LogP contribution >= 0.6 is 0 Å². The van der Waals surface area contributed by atoms with E-state index in [0.717, 1.165) is 27.8 Å². The SMILES string of the molecule is CCOC(=O)N1C=Cc2c(c3cccc4c3n2CCN4C(=O)OCC)C1. The number of hydrogen-bond donors (Lipinski definition) is 0. The molecule has 0 spiro atoms. The van der Waals surface area contributed by atoms with Gasteiger partial charge in [-0.15, -0.1) is 0 Å². The normalized spacial score (nSPS) is 15.2. The van der Waals surface area contributed by atoms with E-state index in [-0.39, 0.29) is 12.2 Å². The Kier molecular flexibility index (Phi) is 4.06. The van der Waals surface area contributed by atoms with Crippen molar-refractivity contribution in [2.24, 2.45) is 0 Å². The van der Waals surface area contributed by atoms with Crippen LogP contribution in [0.5, 0.6) is 0 Å². The molecule has 136 valence electrons. The minimum Gasteiger partial charge on any atom is -0.449 e. The van der Waals surface area contributed by atoms with Gasteiger partial charge >= 0.3 is 12.2 Å². The number of aromatic nitrogens is 1. The van der Waals surface area contributed by atoms with Crippen molar-refractivity contribution in [2.75, 3.05) is 24.7 Å². The van der Waals surface area contributed by atoms with E-state index in [1.807, 2.05) is 24.3 Å². The van der Waals surface area contributed by atoms with E-state index in [1.165, 1.54) is 0 Å². The van der Waals surface area contributed by atoms with Crippen molar-refractivity contribution >= 4 is 34.9 Å². The summed E-state index contributed by atoms with van der Waals surface area (Å²) in [6.07, 6.45) is 3.03. The summed E-state index contributed by atoms with van der Waals surface area (Å²) in [6.45, 7) is 5.99. The number of carbonyl (C=O) groups excluding carboxylic acids is 2. The van der Waals surface area contributed by atoms with Crippen LogP contribution in [0.25, 0.3) is 17.0 Å². The molecule has 2 amide bonds. The number of ether oxygens (including phenoxy) is 2. The number of nitrogens with zero attached hydrogens (tertiary/aromatic N) is 3. The summed E-state index contributed by atoms with van der Waals surface area (Å²) in [6, 6.07) is 5.91. The summed E-state index contributed by atoms with van der Waals surface area (Å²) < 4.78 is 12.5. The van der Waals surface area contributed by atoms with Crippen LogP contribution in [-0.4, -0.2) is 41.4 Å². The molecule has 0 atom stereocenters. The number of benzene rings is 1. The van der Waals surface area contributed by atoms with Gasteiger partial charge in [-0.1, -0.05) is 12.1 Å². The lowest BCUT2D eigenvalue weighted by molar-refractivity contribution is 0.120. The van der Waals surface area contributed by atoms with Gasteiger partial charge in [0.2, 0.25) is 0 Å². The molecule has 0 radical (unpaired) electrons. The molecular weight excluding hydrogens is 334 g/mol. The van der Waals surface area contributed by atoms with E-state index in [9.17, 15) is 9.59 Å². The molecule has 0 fully saturated rings. The predicted octanol–water partition coefficient (Wildman–Crippen LogP) is 3.56. The molecule has 1 aromatic carbocycles. The number of para-hydroxylation sites is 1. The van der Waals surface area contributed by atoms with Crippen molar-refractivity contribution in [2.45, 2.75) is 26.9 Å². The van der Waals surface area contributed by atoms with Crippen molar-refractivity contribution in [3.05, 3.63) is 35.7 Å². The van der Waals surface area contributed by atoms with Gasteiger partial charge < -0.3 is 14.0 Å². The maximum Gasteiger partial charge on any atom is 0.414 e. The van der Waals surface area contributed by atoms with Crippen LogP contribution in [0.2, 0.25) is 0 Å². The Balaban J connectivity index is 1.79. The first-order chi connectivity index (χ1) is 12.7. The molecule has 0 saturated heterocycles. The molecule has 0 saturated carbocycles. The Morgan fingerprint density at radius 2 is 1.85 bits per heavy atom. The van der Waals surface area contributed by atoms with Crippen LogP contribution in [0.15, 0.2) is 24.4 Å². The quantitative estimate of drug-likeness (QED) is 0.826. The molecule has 2 aromatic rings. The number of amides is 2.